The van der Waals surface area contributed by atoms with Crippen LogP contribution in [0.5, 0.6) is 0 Å². The van der Waals surface area contributed by atoms with Gasteiger partial charge in [-0.15, -0.1) is 11.8 Å². The lowest BCUT2D eigenvalue weighted by Gasteiger charge is -2.01. The molecule has 0 saturated carbocycles. The number of H-pyrrole nitrogens is 1. The minimum absolute atomic E-state index is 0.204. The van der Waals surface area contributed by atoms with Crippen molar-refractivity contribution in [3.63, 3.8) is 0 Å². The number of nitrogens with one attached hydrogen (secondary N) is 1. The molecule has 0 aliphatic heterocycles. The molecular formula is C10H15NOS. The molecule has 1 N–H and O–H groups in total. The monoisotopic (exact) mass is 197 g/mol. The molecule has 3 heteroatoms. The van der Waals surface area contributed by atoms with Gasteiger partial charge < -0.3 is 4.98 Å². The third-order valence-electron chi connectivity index (χ3n) is 1.77. The molecule has 0 aliphatic rings. The highest BCUT2D eigenvalue weighted by Gasteiger charge is 2.09. The summed E-state index contributed by atoms with van der Waals surface area (Å²) in [5.41, 5.74) is 0.734. The largest absolute Gasteiger partial charge is 0.347 e. The SMILES string of the molecule is CSc1ccc(C(=O)CC(C)C)[nH]1. The summed E-state index contributed by atoms with van der Waals surface area (Å²) in [6.07, 6.45) is 2.61. The van der Waals surface area contributed by atoms with Crippen molar-refractivity contribution in [1.29, 1.82) is 0 Å². The zero-order chi connectivity index (χ0) is 9.84. The van der Waals surface area contributed by atoms with Crippen LogP contribution in [0.1, 0.15) is 30.8 Å². The number of ketones is 1. The zero-order valence-corrected chi connectivity index (χ0v) is 9.07. The molecule has 0 amide bonds. The molecule has 72 valence electrons. The maximum absolute atomic E-state index is 11.5. The van der Waals surface area contributed by atoms with Crippen LogP contribution in [0.3, 0.4) is 0 Å². The van der Waals surface area contributed by atoms with E-state index in [2.05, 4.69) is 18.8 Å². The standard InChI is InChI=1S/C10H15NOS/c1-7(2)6-9(12)8-4-5-10(11-8)13-3/h4-5,7,11H,6H2,1-3H3. The number of aromatic nitrogens is 1. The molecule has 0 unspecified atom stereocenters. The Bertz CT molecular complexity index is 291. The minimum Gasteiger partial charge on any atom is -0.347 e. The molecule has 1 aromatic rings. The molecule has 0 atom stereocenters. The zero-order valence-electron chi connectivity index (χ0n) is 8.26. The van der Waals surface area contributed by atoms with E-state index in [0.717, 1.165) is 10.7 Å². The van der Waals surface area contributed by atoms with Crippen LogP contribution in [-0.4, -0.2) is 17.0 Å². The summed E-state index contributed by atoms with van der Waals surface area (Å²) in [4.78, 5) is 14.6. The summed E-state index contributed by atoms with van der Waals surface area (Å²) in [6.45, 7) is 4.10. The molecule has 0 aliphatic carbocycles. The van der Waals surface area contributed by atoms with Crippen molar-refractivity contribution in [3.05, 3.63) is 17.8 Å². The first-order chi connectivity index (χ1) is 6.13. The average Bonchev–Trinajstić information content (AvgIpc) is 2.50. The predicted molar refractivity (Wildman–Crippen MR) is 56.4 cm³/mol. The van der Waals surface area contributed by atoms with Crippen molar-refractivity contribution in [2.75, 3.05) is 6.26 Å². The van der Waals surface area contributed by atoms with E-state index in [1.54, 1.807) is 11.8 Å². The van der Waals surface area contributed by atoms with Gasteiger partial charge in [-0.3, -0.25) is 4.79 Å². The fourth-order valence-corrected chi connectivity index (χ4v) is 1.55. The quantitative estimate of drug-likeness (QED) is 0.594. The Hall–Kier alpha value is -0.700. The van der Waals surface area contributed by atoms with E-state index < -0.39 is 0 Å². The van der Waals surface area contributed by atoms with Crippen LogP contribution in [0.25, 0.3) is 0 Å². The second-order valence-corrected chi connectivity index (χ2v) is 4.31. The van der Waals surface area contributed by atoms with Crippen molar-refractivity contribution >= 4 is 17.5 Å². The number of hydrogen-bond donors (Lipinski definition) is 1. The molecule has 0 aromatic carbocycles. The number of aromatic amines is 1. The number of thioether (sulfide) groups is 1. The molecular weight excluding hydrogens is 182 g/mol. The Morgan fingerprint density at radius 3 is 2.69 bits per heavy atom. The van der Waals surface area contributed by atoms with Gasteiger partial charge in [-0.05, 0) is 24.3 Å². The lowest BCUT2D eigenvalue weighted by Crippen LogP contribution is -2.03. The molecule has 0 saturated heterocycles. The highest BCUT2D eigenvalue weighted by molar-refractivity contribution is 7.98. The number of carbonyl (C=O) groups excluding carboxylic acids is 1. The van der Waals surface area contributed by atoms with Gasteiger partial charge in [0.1, 0.15) is 0 Å². The van der Waals surface area contributed by atoms with Gasteiger partial charge in [-0.25, -0.2) is 0 Å². The Morgan fingerprint density at radius 2 is 2.23 bits per heavy atom. The average molecular weight is 197 g/mol. The Labute approximate surface area is 83.1 Å². The second kappa shape index (κ2) is 4.51. The summed E-state index contributed by atoms with van der Waals surface area (Å²) in [6, 6.07) is 3.80. The van der Waals surface area contributed by atoms with Gasteiger partial charge in [0.2, 0.25) is 0 Å². The van der Waals surface area contributed by atoms with E-state index in [1.165, 1.54) is 0 Å². The smallest absolute Gasteiger partial charge is 0.179 e. The van der Waals surface area contributed by atoms with Gasteiger partial charge in [0, 0.05) is 6.42 Å². The van der Waals surface area contributed by atoms with Crippen LogP contribution in [0.4, 0.5) is 0 Å². The highest BCUT2D eigenvalue weighted by atomic mass is 32.2. The van der Waals surface area contributed by atoms with Gasteiger partial charge >= 0.3 is 0 Å². The van der Waals surface area contributed by atoms with Crippen LogP contribution in [-0.2, 0) is 0 Å². The molecule has 1 rings (SSSR count). The maximum atomic E-state index is 11.5. The fourth-order valence-electron chi connectivity index (χ4n) is 1.14. The molecule has 2 nitrogen and oxygen atoms in total. The normalized spacial score (nSPS) is 10.8. The number of rotatable bonds is 4. The van der Waals surface area contributed by atoms with E-state index in [9.17, 15) is 4.79 Å². The van der Waals surface area contributed by atoms with Gasteiger partial charge in [0.25, 0.3) is 0 Å². The molecule has 0 spiro atoms. The first-order valence-electron chi connectivity index (χ1n) is 4.39. The third kappa shape index (κ3) is 2.92. The van der Waals surface area contributed by atoms with E-state index in [1.807, 2.05) is 18.4 Å². The van der Waals surface area contributed by atoms with E-state index in [0.29, 0.717) is 12.3 Å². The maximum Gasteiger partial charge on any atom is 0.179 e. The third-order valence-corrected chi connectivity index (χ3v) is 2.45. The molecule has 1 aromatic heterocycles. The second-order valence-electron chi connectivity index (χ2n) is 3.46. The van der Waals surface area contributed by atoms with Gasteiger partial charge in [-0.2, -0.15) is 0 Å². The van der Waals surface area contributed by atoms with E-state index >= 15 is 0 Å². The minimum atomic E-state index is 0.204. The van der Waals surface area contributed by atoms with Crippen LogP contribution in [0.15, 0.2) is 17.2 Å². The first kappa shape index (κ1) is 10.4. The van der Waals surface area contributed by atoms with Crippen molar-refractivity contribution in [1.82, 2.24) is 4.98 Å². The molecule has 0 fully saturated rings. The topological polar surface area (TPSA) is 32.9 Å². The Balaban J connectivity index is 2.66. The summed E-state index contributed by atoms with van der Waals surface area (Å²) in [5.74, 6) is 0.629. The summed E-state index contributed by atoms with van der Waals surface area (Å²) < 4.78 is 0. The van der Waals surface area contributed by atoms with Crippen LogP contribution in [0, 0.1) is 5.92 Å². The molecule has 0 bridgehead atoms. The number of Topliss-reactive ketones (excluding diaryl/α,β-unsaturated/α-hetero) is 1. The van der Waals surface area contributed by atoms with Gasteiger partial charge in [0.15, 0.2) is 5.78 Å². The summed E-state index contributed by atoms with van der Waals surface area (Å²) >= 11 is 1.62. The van der Waals surface area contributed by atoms with Crippen molar-refractivity contribution in [2.24, 2.45) is 5.92 Å². The summed E-state index contributed by atoms with van der Waals surface area (Å²) in [7, 11) is 0. The molecule has 13 heavy (non-hydrogen) atoms. The lowest BCUT2D eigenvalue weighted by atomic mass is 10.1. The van der Waals surface area contributed by atoms with Crippen molar-refractivity contribution < 1.29 is 4.79 Å². The first-order valence-corrected chi connectivity index (χ1v) is 5.62. The van der Waals surface area contributed by atoms with Crippen molar-refractivity contribution in [3.8, 4) is 0 Å². The van der Waals surface area contributed by atoms with Crippen LogP contribution < -0.4 is 0 Å². The number of hydrogen-bond acceptors (Lipinski definition) is 2. The Morgan fingerprint density at radius 1 is 1.54 bits per heavy atom. The predicted octanol–water partition coefficient (Wildman–Crippen LogP) is 2.97. The summed E-state index contributed by atoms with van der Waals surface area (Å²) in [5, 5.41) is 1.05. The van der Waals surface area contributed by atoms with E-state index in [4.69, 9.17) is 0 Å². The Kier molecular flexibility index (Phi) is 3.60. The molecule has 1 heterocycles. The fraction of sp³-hybridized carbons (Fsp3) is 0.500. The van der Waals surface area contributed by atoms with Gasteiger partial charge in [-0.1, -0.05) is 13.8 Å². The van der Waals surface area contributed by atoms with Gasteiger partial charge in [0.05, 0.1) is 10.7 Å². The van der Waals surface area contributed by atoms with E-state index in [-0.39, 0.29) is 5.78 Å². The van der Waals surface area contributed by atoms with Crippen molar-refractivity contribution in [2.45, 2.75) is 25.3 Å². The van der Waals surface area contributed by atoms with Crippen LogP contribution in [0.2, 0.25) is 0 Å². The number of carbonyl (C=O) groups is 1. The van der Waals surface area contributed by atoms with Crippen LogP contribution >= 0.6 is 11.8 Å². The lowest BCUT2D eigenvalue weighted by molar-refractivity contribution is 0.0963. The highest BCUT2D eigenvalue weighted by Crippen LogP contribution is 2.15. The molecule has 0 radical (unpaired) electrons.